The number of likely N-dealkylation sites (N-methyl/N-ethyl adjacent to an activating group) is 1. The zero-order valence-electron chi connectivity index (χ0n) is 17.9. The molecule has 0 saturated carbocycles. The van der Waals surface area contributed by atoms with Gasteiger partial charge in [-0.25, -0.2) is 14.2 Å². The van der Waals surface area contributed by atoms with E-state index >= 15 is 0 Å². The van der Waals surface area contributed by atoms with Gasteiger partial charge in [-0.15, -0.1) is 0 Å². The molecule has 1 unspecified atom stereocenters. The molecule has 3 amide bonds. The highest BCUT2D eigenvalue weighted by atomic mass is 35.5. The van der Waals surface area contributed by atoms with E-state index in [4.69, 9.17) is 11.6 Å². The fourth-order valence-corrected chi connectivity index (χ4v) is 3.90. The van der Waals surface area contributed by atoms with Crippen molar-refractivity contribution >= 4 is 34.9 Å². The number of hydrogen-bond acceptors (Lipinski definition) is 3. The van der Waals surface area contributed by atoms with Crippen molar-refractivity contribution in [3.05, 3.63) is 100 Å². The van der Waals surface area contributed by atoms with E-state index in [1.54, 1.807) is 55.6 Å². The van der Waals surface area contributed by atoms with Crippen molar-refractivity contribution in [2.75, 3.05) is 18.5 Å². The van der Waals surface area contributed by atoms with Crippen LogP contribution in [0.1, 0.15) is 16.7 Å². The van der Waals surface area contributed by atoms with Crippen LogP contribution in [0.15, 0.2) is 77.8 Å². The Labute approximate surface area is 196 Å². The number of fused-ring (bicyclic) bond motifs is 1. The first-order chi connectivity index (χ1) is 16.0. The summed E-state index contributed by atoms with van der Waals surface area (Å²) in [7, 11) is 1.60. The number of halogens is 2. The summed E-state index contributed by atoms with van der Waals surface area (Å²) in [4.78, 5) is 31.6. The second kappa shape index (κ2) is 9.83. The maximum atomic E-state index is 14.7. The van der Waals surface area contributed by atoms with Crippen LogP contribution in [-0.4, -0.2) is 37.4 Å². The van der Waals surface area contributed by atoms with Gasteiger partial charge in [0.15, 0.2) is 0 Å². The predicted molar refractivity (Wildman–Crippen MR) is 127 cm³/mol. The second-order valence-electron chi connectivity index (χ2n) is 7.52. The van der Waals surface area contributed by atoms with Gasteiger partial charge in [0.2, 0.25) is 6.17 Å². The molecule has 1 aliphatic heterocycles. The fourth-order valence-electron chi connectivity index (χ4n) is 3.67. The topological polar surface area (TPSA) is 73.8 Å². The van der Waals surface area contributed by atoms with E-state index < -0.39 is 23.9 Å². The number of hydrogen-bond donors (Lipinski definition) is 2. The molecule has 0 fully saturated rings. The van der Waals surface area contributed by atoms with Crippen LogP contribution in [-0.2, 0) is 11.2 Å². The van der Waals surface area contributed by atoms with Crippen molar-refractivity contribution in [3.63, 3.8) is 0 Å². The van der Waals surface area contributed by atoms with E-state index in [9.17, 15) is 14.0 Å². The van der Waals surface area contributed by atoms with Crippen LogP contribution < -0.4 is 15.5 Å². The molecular formula is C25H22ClFN4O2. The quantitative estimate of drug-likeness (QED) is 0.595. The molecule has 0 aromatic heterocycles. The number of benzodiazepines with no additional fused rings is 1. The first kappa shape index (κ1) is 22.5. The van der Waals surface area contributed by atoms with Gasteiger partial charge >= 0.3 is 6.03 Å². The molecule has 1 heterocycles. The summed E-state index contributed by atoms with van der Waals surface area (Å²) < 4.78 is 14.7. The summed E-state index contributed by atoms with van der Waals surface area (Å²) in [6.07, 6.45) is -0.696. The highest BCUT2D eigenvalue weighted by Gasteiger charge is 2.31. The SMILES string of the molecule is CN1C(=O)C(NC(=O)NCCc2ccccc2Cl)N=C(c2ccccc2F)c2ccccc21. The smallest absolute Gasteiger partial charge is 0.316 e. The van der Waals surface area contributed by atoms with Crippen LogP contribution in [0.25, 0.3) is 0 Å². The summed E-state index contributed by atoms with van der Waals surface area (Å²) in [6.45, 7) is 0.316. The summed E-state index contributed by atoms with van der Waals surface area (Å²) in [5.41, 5.74) is 2.62. The molecule has 6 nitrogen and oxygen atoms in total. The van der Waals surface area contributed by atoms with E-state index in [1.807, 2.05) is 18.2 Å². The van der Waals surface area contributed by atoms with Gasteiger partial charge in [0, 0.05) is 29.7 Å². The molecule has 0 bridgehead atoms. The third-order valence-electron chi connectivity index (χ3n) is 5.38. The summed E-state index contributed by atoms with van der Waals surface area (Å²) in [5.74, 6) is -0.902. The number of benzene rings is 3. The molecular weight excluding hydrogens is 443 g/mol. The normalized spacial score (nSPS) is 15.4. The van der Waals surface area contributed by atoms with Gasteiger partial charge in [-0.05, 0) is 36.2 Å². The molecule has 4 rings (SSSR count). The molecule has 3 aromatic rings. The summed E-state index contributed by atoms with van der Waals surface area (Å²) in [5, 5.41) is 5.96. The minimum Gasteiger partial charge on any atom is -0.338 e. The number of carbonyl (C=O) groups excluding carboxylic acids is 2. The zero-order valence-corrected chi connectivity index (χ0v) is 18.6. The molecule has 8 heteroatoms. The Kier molecular flexibility index (Phi) is 6.70. The molecule has 2 N–H and O–H groups in total. The van der Waals surface area contributed by atoms with E-state index in [-0.39, 0.29) is 5.56 Å². The van der Waals surface area contributed by atoms with Crippen molar-refractivity contribution in [1.29, 1.82) is 0 Å². The van der Waals surface area contributed by atoms with Crippen LogP contribution in [0.3, 0.4) is 0 Å². The maximum Gasteiger partial charge on any atom is 0.316 e. The molecule has 33 heavy (non-hydrogen) atoms. The monoisotopic (exact) mass is 464 g/mol. The average Bonchev–Trinajstić information content (AvgIpc) is 2.91. The van der Waals surface area contributed by atoms with Gasteiger partial charge in [0.1, 0.15) is 5.82 Å². The van der Waals surface area contributed by atoms with Gasteiger partial charge in [0.25, 0.3) is 5.91 Å². The molecule has 0 spiro atoms. The Morgan fingerprint density at radius 1 is 1.03 bits per heavy atom. The van der Waals surface area contributed by atoms with Crippen LogP contribution in [0.4, 0.5) is 14.9 Å². The van der Waals surface area contributed by atoms with Gasteiger partial charge in [-0.2, -0.15) is 0 Å². The van der Waals surface area contributed by atoms with Crippen molar-refractivity contribution in [2.24, 2.45) is 4.99 Å². The molecule has 1 aliphatic rings. The standard InChI is InChI=1S/C25H22ClFN4O2/c1-31-21-13-7-4-10-18(21)22(17-9-3-6-12-20(17)27)29-23(24(31)32)30-25(33)28-15-14-16-8-2-5-11-19(16)26/h2-13,23H,14-15H2,1H3,(H2,28,30,33). The Balaban J connectivity index is 1.58. The molecule has 3 aromatic carbocycles. The van der Waals surface area contributed by atoms with E-state index in [0.29, 0.717) is 35.0 Å². The molecule has 0 aliphatic carbocycles. The van der Waals surface area contributed by atoms with Crippen LogP contribution in [0.5, 0.6) is 0 Å². The number of aliphatic imine (C=N–C) groups is 1. The number of urea groups is 1. The number of para-hydroxylation sites is 1. The van der Waals surface area contributed by atoms with E-state index in [2.05, 4.69) is 15.6 Å². The number of amides is 3. The molecule has 0 radical (unpaired) electrons. The molecule has 0 saturated heterocycles. The van der Waals surface area contributed by atoms with Gasteiger partial charge in [0.05, 0.1) is 11.4 Å². The third-order valence-corrected chi connectivity index (χ3v) is 5.75. The minimum atomic E-state index is -1.22. The van der Waals surface area contributed by atoms with Gasteiger partial charge < -0.3 is 15.5 Å². The van der Waals surface area contributed by atoms with Crippen molar-refractivity contribution < 1.29 is 14.0 Å². The lowest BCUT2D eigenvalue weighted by atomic mass is 10.00. The minimum absolute atomic E-state index is 0.249. The lowest BCUT2D eigenvalue weighted by Gasteiger charge is -2.21. The van der Waals surface area contributed by atoms with E-state index in [1.165, 1.54) is 11.0 Å². The first-order valence-corrected chi connectivity index (χ1v) is 10.8. The number of nitrogens with one attached hydrogen (secondary N) is 2. The number of carbonyl (C=O) groups is 2. The second-order valence-corrected chi connectivity index (χ2v) is 7.92. The maximum absolute atomic E-state index is 14.7. The first-order valence-electron chi connectivity index (χ1n) is 10.4. The lowest BCUT2D eigenvalue weighted by molar-refractivity contribution is -0.119. The lowest BCUT2D eigenvalue weighted by Crippen LogP contribution is -2.49. The summed E-state index contributed by atoms with van der Waals surface area (Å²) in [6, 6.07) is 20.2. The number of anilines is 1. The Morgan fingerprint density at radius 3 is 2.45 bits per heavy atom. The number of rotatable bonds is 5. The highest BCUT2D eigenvalue weighted by molar-refractivity contribution is 6.31. The summed E-state index contributed by atoms with van der Waals surface area (Å²) >= 11 is 6.15. The van der Waals surface area contributed by atoms with Gasteiger partial charge in [-0.3, -0.25) is 4.79 Å². The Morgan fingerprint density at radius 2 is 1.70 bits per heavy atom. The van der Waals surface area contributed by atoms with E-state index in [0.717, 1.165) is 5.56 Å². The predicted octanol–water partition coefficient (Wildman–Crippen LogP) is 4.16. The Hall–Kier alpha value is -3.71. The van der Waals surface area contributed by atoms with Crippen LogP contribution in [0.2, 0.25) is 5.02 Å². The van der Waals surface area contributed by atoms with Gasteiger partial charge in [-0.1, -0.05) is 60.1 Å². The Bertz CT molecular complexity index is 1230. The highest BCUT2D eigenvalue weighted by Crippen LogP contribution is 2.28. The van der Waals surface area contributed by atoms with Crippen molar-refractivity contribution in [1.82, 2.24) is 10.6 Å². The third kappa shape index (κ3) is 4.88. The largest absolute Gasteiger partial charge is 0.338 e. The fraction of sp³-hybridized carbons (Fsp3) is 0.160. The van der Waals surface area contributed by atoms with Crippen molar-refractivity contribution in [3.8, 4) is 0 Å². The average molecular weight is 465 g/mol. The van der Waals surface area contributed by atoms with Crippen molar-refractivity contribution in [2.45, 2.75) is 12.6 Å². The zero-order chi connectivity index (χ0) is 23.4. The number of nitrogens with zero attached hydrogens (tertiary/aromatic N) is 2. The van der Waals surface area contributed by atoms with Crippen LogP contribution >= 0.6 is 11.6 Å². The molecule has 1 atom stereocenters. The molecule has 168 valence electrons. The van der Waals surface area contributed by atoms with Crippen LogP contribution in [0, 0.1) is 5.82 Å².